The lowest BCUT2D eigenvalue weighted by Gasteiger charge is -2.18. The summed E-state index contributed by atoms with van der Waals surface area (Å²) in [6.45, 7) is 4.96. The predicted molar refractivity (Wildman–Crippen MR) is 225 cm³/mol. The number of rotatable bonds is 42. The highest BCUT2D eigenvalue weighted by Crippen LogP contribution is 2.19. The number of amides is 1. The van der Waals surface area contributed by atoms with Crippen molar-refractivity contribution in [1.29, 1.82) is 0 Å². The molecule has 0 aliphatic heterocycles. The molecule has 2 unspecified atom stereocenters. The van der Waals surface area contributed by atoms with Gasteiger partial charge in [-0.1, -0.05) is 167 Å². The highest BCUT2D eigenvalue weighted by molar-refractivity contribution is 5.83. The smallest absolute Gasteiger partial charge is 0.326 e. The Morgan fingerprint density at radius 2 is 0.925 bits per heavy atom. The molecule has 0 heterocycles. The van der Waals surface area contributed by atoms with Crippen molar-refractivity contribution in [3.8, 4) is 0 Å². The first kappa shape index (κ1) is 51.1. The lowest BCUT2D eigenvalue weighted by molar-refractivity contribution is -0.150. The largest absolute Gasteiger partial charge is 0.480 e. The summed E-state index contributed by atoms with van der Waals surface area (Å²) in [5.74, 6) is -1.23. The molecule has 0 aliphatic rings. The molecule has 7 nitrogen and oxygen atoms in total. The second kappa shape index (κ2) is 41.3. The number of nitrogens with one attached hydrogen (secondary N) is 1. The third-order valence-corrected chi connectivity index (χ3v) is 10.6. The molecule has 0 aromatic heterocycles. The summed E-state index contributed by atoms with van der Waals surface area (Å²) >= 11 is 0. The number of unbranched alkanes of at least 4 members (excludes halogenated alkanes) is 26. The van der Waals surface area contributed by atoms with E-state index in [1.165, 1.54) is 141 Å². The van der Waals surface area contributed by atoms with E-state index in [1.807, 2.05) is 0 Å². The van der Waals surface area contributed by atoms with Gasteiger partial charge in [0.05, 0.1) is 0 Å². The van der Waals surface area contributed by atoms with Crippen LogP contribution in [0.2, 0.25) is 0 Å². The van der Waals surface area contributed by atoms with Gasteiger partial charge in [0.1, 0.15) is 12.1 Å². The Balaban J connectivity index is 4.27. The van der Waals surface area contributed by atoms with E-state index in [0.29, 0.717) is 32.2 Å². The summed E-state index contributed by atoms with van der Waals surface area (Å²) in [5, 5.41) is 11.9. The standard InChI is InChI=1S/C46H88N2O5/c1-3-5-7-9-11-13-15-16-17-18-19-21-23-25-30-34-40-45(50)53-42(36-31-27-24-22-20-14-12-10-8-6-4-2)37-32-28-26-29-33-39-44(49)48-43(46(51)52)38-35-41-47/h17-18,42-43H,3-16,19-41,47H2,1-2H3,(H,48,49)(H,51,52)/b18-17-. The third-order valence-electron chi connectivity index (χ3n) is 10.6. The zero-order chi connectivity index (χ0) is 38.9. The number of hydrogen-bond acceptors (Lipinski definition) is 5. The number of esters is 1. The lowest BCUT2D eigenvalue weighted by atomic mass is 10.0. The van der Waals surface area contributed by atoms with Crippen LogP contribution in [0.4, 0.5) is 0 Å². The summed E-state index contributed by atoms with van der Waals surface area (Å²) < 4.78 is 6.05. The second-order valence-electron chi connectivity index (χ2n) is 15.8. The molecule has 53 heavy (non-hydrogen) atoms. The Morgan fingerprint density at radius 1 is 0.528 bits per heavy atom. The van der Waals surface area contributed by atoms with Crippen molar-refractivity contribution in [1.82, 2.24) is 5.32 Å². The Bertz CT molecular complexity index is 848. The van der Waals surface area contributed by atoms with Gasteiger partial charge in [-0.3, -0.25) is 9.59 Å². The van der Waals surface area contributed by atoms with Crippen LogP contribution in [-0.4, -0.2) is 41.6 Å². The number of carboxylic acids is 1. The van der Waals surface area contributed by atoms with Crippen molar-refractivity contribution in [3.63, 3.8) is 0 Å². The summed E-state index contributed by atoms with van der Waals surface area (Å²) in [7, 11) is 0. The van der Waals surface area contributed by atoms with Gasteiger partial charge >= 0.3 is 11.9 Å². The van der Waals surface area contributed by atoms with E-state index in [-0.39, 0.29) is 18.0 Å². The van der Waals surface area contributed by atoms with E-state index < -0.39 is 12.0 Å². The molecule has 2 atom stereocenters. The van der Waals surface area contributed by atoms with Gasteiger partial charge in [-0.2, -0.15) is 0 Å². The molecule has 0 aromatic rings. The average Bonchev–Trinajstić information content (AvgIpc) is 3.14. The summed E-state index contributed by atoms with van der Waals surface area (Å²) in [5.41, 5.74) is 5.49. The first-order chi connectivity index (χ1) is 25.9. The molecule has 0 bridgehead atoms. The molecule has 0 saturated carbocycles. The second-order valence-corrected chi connectivity index (χ2v) is 15.8. The molecule has 0 saturated heterocycles. The van der Waals surface area contributed by atoms with Gasteiger partial charge in [0.25, 0.3) is 0 Å². The van der Waals surface area contributed by atoms with Crippen molar-refractivity contribution in [2.45, 2.75) is 257 Å². The van der Waals surface area contributed by atoms with Crippen molar-refractivity contribution in [2.75, 3.05) is 6.54 Å². The molecule has 1 amide bonds. The molecule has 0 spiro atoms. The zero-order valence-electron chi connectivity index (χ0n) is 35.1. The van der Waals surface area contributed by atoms with Gasteiger partial charge in [0, 0.05) is 12.8 Å². The number of nitrogens with two attached hydrogens (primary N) is 1. The first-order valence-electron chi connectivity index (χ1n) is 23.0. The monoisotopic (exact) mass is 749 g/mol. The Hall–Kier alpha value is -1.89. The number of hydrogen-bond donors (Lipinski definition) is 3. The van der Waals surface area contributed by atoms with Crippen LogP contribution in [0, 0.1) is 0 Å². The van der Waals surface area contributed by atoms with Crippen LogP contribution in [0.3, 0.4) is 0 Å². The van der Waals surface area contributed by atoms with E-state index >= 15 is 0 Å². The maximum Gasteiger partial charge on any atom is 0.326 e. The highest BCUT2D eigenvalue weighted by atomic mass is 16.5. The molecule has 7 heteroatoms. The van der Waals surface area contributed by atoms with Crippen LogP contribution >= 0.6 is 0 Å². The summed E-state index contributed by atoms with van der Waals surface area (Å²) in [6.07, 6.45) is 45.4. The van der Waals surface area contributed by atoms with E-state index in [9.17, 15) is 19.5 Å². The van der Waals surface area contributed by atoms with Crippen LogP contribution in [0.15, 0.2) is 12.2 Å². The van der Waals surface area contributed by atoms with Crippen molar-refractivity contribution in [3.05, 3.63) is 12.2 Å². The van der Waals surface area contributed by atoms with Crippen LogP contribution in [0.5, 0.6) is 0 Å². The van der Waals surface area contributed by atoms with Gasteiger partial charge < -0.3 is 20.9 Å². The van der Waals surface area contributed by atoms with E-state index in [2.05, 4.69) is 31.3 Å². The van der Waals surface area contributed by atoms with Crippen molar-refractivity contribution < 1.29 is 24.2 Å². The Labute approximate surface area is 328 Å². The van der Waals surface area contributed by atoms with Crippen LogP contribution in [-0.2, 0) is 19.1 Å². The molecular weight excluding hydrogens is 661 g/mol. The molecule has 0 fully saturated rings. The van der Waals surface area contributed by atoms with Gasteiger partial charge in [0.2, 0.25) is 5.91 Å². The third kappa shape index (κ3) is 38.2. The topological polar surface area (TPSA) is 119 Å². The summed E-state index contributed by atoms with van der Waals surface area (Å²) in [6, 6.07) is -0.854. The highest BCUT2D eigenvalue weighted by Gasteiger charge is 2.19. The van der Waals surface area contributed by atoms with E-state index in [4.69, 9.17) is 10.5 Å². The summed E-state index contributed by atoms with van der Waals surface area (Å²) in [4.78, 5) is 36.4. The van der Waals surface area contributed by atoms with Crippen LogP contribution in [0.25, 0.3) is 0 Å². The molecule has 0 aromatic carbocycles. The minimum absolute atomic E-state index is 0.0150. The molecule has 0 rings (SSSR count). The normalized spacial score (nSPS) is 12.7. The fourth-order valence-corrected chi connectivity index (χ4v) is 7.09. The fourth-order valence-electron chi connectivity index (χ4n) is 7.09. The number of carbonyl (C=O) groups excluding carboxylic acids is 2. The average molecular weight is 749 g/mol. The van der Waals surface area contributed by atoms with E-state index in [1.54, 1.807) is 0 Å². The maximum absolute atomic E-state index is 12.8. The van der Waals surface area contributed by atoms with Crippen LogP contribution < -0.4 is 11.1 Å². The van der Waals surface area contributed by atoms with E-state index in [0.717, 1.165) is 64.2 Å². The van der Waals surface area contributed by atoms with Gasteiger partial charge in [-0.25, -0.2) is 4.79 Å². The number of aliphatic carboxylic acids is 1. The van der Waals surface area contributed by atoms with Gasteiger partial charge in [0.15, 0.2) is 0 Å². The minimum Gasteiger partial charge on any atom is -0.480 e. The van der Waals surface area contributed by atoms with Crippen molar-refractivity contribution in [2.24, 2.45) is 5.73 Å². The number of carbonyl (C=O) groups is 3. The number of ether oxygens (including phenoxy) is 1. The number of carboxylic acid groups (broad SMARTS) is 1. The molecule has 4 N–H and O–H groups in total. The molecule has 0 aliphatic carbocycles. The quantitative estimate of drug-likeness (QED) is 0.0325. The zero-order valence-corrected chi connectivity index (χ0v) is 35.1. The molecule has 312 valence electrons. The lowest BCUT2D eigenvalue weighted by Crippen LogP contribution is -2.40. The fraction of sp³-hybridized carbons (Fsp3) is 0.891. The van der Waals surface area contributed by atoms with Gasteiger partial charge in [-0.15, -0.1) is 0 Å². The predicted octanol–water partition coefficient (Wildman–Crippen LogP) is 13.1. The van der Waals surface area contributed by atoms with Gasteiger partial charge in [-0.05, 0) is 83.6 Å². The molecular formula is C46H88N2O5. The molecule has 0 radical (unpaired) electrons. The van der Waals surface area contributed by atoms with Crippen LogP contribution in [0.1, 0.15) is 245 Å². The SMILES string of the molecule is CCCCCCCCC/C=C\CCCCCCCC(=O)OC(CCCCCCCCCCCCC)CCCCCCCC(=O)NC(CCCN)C(=O)O. The Kier molecular flexibility index (Phi) is 39.8. The Morgan fingerprint density at radius 3 is 1.36 bits per heavy atom. The first-order valence-corrected chi connectivity index (χ1v) is 23.0. The minimum atomic E-state index is -1.00. The van der Waals surface area contributed by atoms with Crippen molar-refractivity contribution >= 4 is 17.8 Å². The number of allylic oxidation sites excluding steroid dienone is 2. The maximum atomic E-state index is 12.8.